The van der Waals surface area contributed by atoms with E-state index < -0.39 is 0 Å². The zero-order valence-electron chi connectivity index (χ0n) is 19.9. The lowest BCUT2D eigenvalue weighted by atomic mass is 10.1. The summed E-state index contributed by atoms with van der Waals surface area (Å²) in [6, 6.07) is 0. The van der Waals surface area contributed by atoms with Crippen LogP contribution in [0, 0.1) is 0 Å². The summed E-state index contributed by atoms with van der Waals surface area (Å²) in [6.07, 6.45) is 40.4. The molecule has 0 bridgehead atoms. The van der Waals surface area contributed by atoms with Crippen LogP contribution in [-0.4, -0.2) is 0 Å². The highest BCUT2D eigenvalue weighted by molar-refractivity contribution is 4.82. The van der Waals surface area contributed by atoms with Gasteiger partial charge in [-0.3, -0.25) is 0 Å². The summed E-state index contributed by atoms with van der Waals surface area (Å²) < 4.78 is 0. The van der Waals surface area contributed by atoms with E-state index in [-0.39, 0.29) is 0 Å². The molecule has 0 nitrogen and oxygen atoms in total. The van der Waals surface area contributed by atoms with Gasteiger partial charge in [-0.15, -0.1) is 0 Å². The predicted octanol–water partition coefficient (Wildman–Crippen LogP) is 10.7. The Morgan fingerprint density at radius 3 is 0.750 bits per heavy atom. The van der Waals surface area contributed by atoms with Gasteiger partial charge in [0.1, 0.15) is 0 Å². The van der Waals surface area contributed by atoms with Gasteiger partial charge in [-0.2, -0.15) is 0 Å². The van der Waals surface area contributed by atoms with Crippen LogP contribution in [0.4, 0.5) is 0 Å². The Hall–Kier alpha value is -0.520. The van der Waals surface area contributed by atoms with Gasteiger partial charge < -0.3 is 0 Å². The molecule has 0 spiro atoms. The van der Waals surface area contributed by atoms with E-state index in [1.54, 1.807) is 0 Å². The quantitative estimate of drug-likeness (QED) is 0.120. The maximum Gasteiger partial charge on any atom is -0.0351 e. The Kier molecular flexibility index (Phi) is 26.0. The van der Waals surface area contributed by atoms with Gasteiger partial charge in [-0.1, -0.05) is 128 Å². The lowest BCUT2D eigenvalue weighted by Gasteiger charge is -2.00. The van der Waals surface area contributed by atoms with Crippen LogP contribution in [0.1, 0.15) is 155 Å². The van der Waals surface area contributed by atoms with Crippen molar-refractivity contribution < 1.29 is 0 Å². The molecular formula is C28H54. The standard InChI is InChI=1S/C28H54/c1-3-5-7-9-11-13-15-17-19-21-23-25-27-28-26-24-22-20-18-16-14-12-10-8-6-4-2/h17-20H,3-16,21-28H2,1-2H3. The maximum absolute atomic E-state index is 2.43. The third-order valence-electron chi connectivity index (χ3n) is 5.77. The summed E-state index contributed by atoms with van der Waals surface area (Å²) in [5, 5.41) is 0. The molecule has 0 saturated heterocycles. The fourth-order valence-electron chi connectivity index (χ4n) is 3.79. The first kappa shape index (κ1) is 27.5. The molecule has 0 N–H and O–H groups in total. The topological polar surface area (TPSA) is 0 Å². The minimum absolute atomic E-state index is 1.30. The Morgan fingerprint density at radius 1 is 0.286 bits per heavy atom. The molecular weight excluding hydrogens is 336 g/mol. The molecule has 0 saturated carbocycles. The molecule has 166 valence electrons. The summed E-state index contributed by atoms with van der Waals surface area (Å²) in [5.41, 5.74) is 0. The number of hydrogen-bond donors (Lipinski definition) is 0. The summed E-state index contributed by atoms with van der Waals surface area (Å²) in [4.78, 5) is 0. The van der Waals surface area contributed by atoms with E-state index in [1.807, 2.05) is 0 Å². The summed E-state index contributed by atoms with van der Waals surface area (Å²) in [6.45, 7) is 4.58. The number of rotatable bonds is 23. The van der Waals surface area contributed by atoms with Crippen LogP contribution in [0.5, 0.6) is 0 Å². The van der Waals surface area contributed by atoms with E-state index in [9.17, 15) is 0 Å². The van der Waals surface area contributed by atoms with Crippen molar-refractivity contribution in [3.63, 3.8) is 0 Å². The Labute approximate surface area is 179 Å². The number of unbranched alkanes of at least 4 members (excludes halogenated alkanes) is 19. The molecule has 0 heterocycles. The SMILES string of the molecule is CCCCCCCCC=CCCCCCCCCC=CCCCCCCCC. The van der Waals surface area contributed by atoms with Crippen molar-refractivity contribution in [2.45, 2.75) is 155 Å². The van der Waals surface area contributed by atoms with Crippen molar-refractivity contribution in [3.05, 3.63) is 24.3 Å². The third-order valence-corrected chi connectivity index (χ3v) is 5.77. The van der Waals surface area contributed by atoms with Crippen LogP contribution in [0.2, 0.25) is 0 Å². The van der Waals surface area contributed by atoms with Crippen molar-refractivity contribution in [1.29, 1.82) is 0 Å². The highest BCUT2D eigenvalue weighted by Crippen LogP contribution is 2.11. The molecule has 0 radical (unpaired) electrons. The minimum Gasteiger partial charge on any atom is -0.0885 e. The maximum atomic E-state index is 2.43. The van der Waals surface area contributed by atoms with Gasteiger partial charge in [0.2, 0.25) is 0 Å². The second-order valence-corrected chi connectivity index (χ2v) is 8.75. The van der Waals surface area contributed by atoms with Crippen LogP contribution in [-0.2, 0) is 0 Å². The average Bonchev–Trinajstić information content (AvgIpc) is 2.71. The molecule has 0 amide bonds. The number of allylic oxidation sites excluding steroid dienone is 4. The van der Waals surface area contributed by atoms with E-state index in [2.05, 4.69) is 38.2 Å². The fourth-order valence-corrected chi connectivity index (χ4v) is 3.79. The molecule has 0 aromatic carbocycles. The van der Waals surface area contributed by atoms with E-state index in [4.69, 9.17) is 0 Å². The third kappa shape index (κ3) is 25.5. The lowest BCUT2D eigenvalue weighted by molar-refractivity contribution is 0.597. The van der Waals surface area contributed by atoms with Crippen LogP contribution < -0.4 is 0 Å². The molecule has 0 heteroatoms. The van der Waals surface area contributed by atoms with Gasteiger partial charge in [-0.25, -0.2) is 0 Å². The predicted molar refractivity (Wildman–Crippen MR) is 131 cm³/mol. The monoisotopic (exact) mass is 390 g/mol. The molecule has 0 aromatic rings. The summed E-state index contributed by atoms with van der Waals surface area (Å²) in [7, 11) is 0. The first-order valence-electron chi connectivity index (χ1n) is 13.2. The average molecular weight is 391 g/mol. The van der Waals surface area contributed by atoms with Crippen molar-refractivity contribution >= 4 is 0 Å². The molecule has 0 atom stereocenters. The van der Waals surface area contributed by atoms with Gasteiger partial charge >= 0.3 is 0 Å². The summed E-state index contributed by atoms with van der Waals surface area (Å²) in [5.74, 6) is 0. The van der Waals surface area contributed by atoms with Gasteiger partial charge in [0.15, 0.2) is 0 Å². The van der Waals surface area contributed by atoms with Crippen LogP contribution in [0.25, 0.3) is 0 Å². The smallest absolute Gasteiger partial charge is 0.0351 e. The van der Waals surface area contributed by atoms with Crippen molar-refractivity contribution in [2.75, 3.05) is 0 Å². The zero-order chi connectivity index (χ0) is 20.4. The summed E-state index contributed by atoms with van der Waals surface area (Å²) >= 11 is 0. The highest BCUT2D eigenvalue weighted by atomic mass is 14.0. The second kappa shape index (κ2) is 26.5. The molecule has 28 heavy (non-hydrogen) atoms. The molecule has 0 aliphatic rings. The Balaban J connectivity index is 3.11. The van der Waals surface area contributed by atoms with Gasteiger partial charge in [0.05, 0.1) is 0 Å². The Morgan fingerprint density at radius 2 is 0.500 bits per heavy atom. The van der Waals surface area contributed by atoms with Crippen LogP contribution >= 0.6 is 0 Å². The van der Waals surface area contributed by atoms with Crippen molar-refractivity contribution in [1.82, 2.24) is 0 Å². The van der Waals surface area contributed by atoms with E-state index in [0.717, 1.165) is 0 Å². The molecule has 0 unspecified atom stereocenters. The van der Waals surface area contributed by atoms with Gasteiger partial charge in [0, 0.05) is 0 Å². The van der Waals surface area contributed by atoms with Crippen LogP contribution in [0.15, 0.2) is 24.3 Å². The van der Waals surface area contributed by atoms with Crippen LogP contribution in [0.3, 0.4) is 0 Å². The highest BCUT2D eigenvalue weighted by Gasteiger charge is 1.91. The largest absolute Gasteiger partial charge is 0.0885 e. The molecule has 0 rings (SSSR count). The lowest BCUT2D eigenvalue weighted by Crippen LogP contribution is -1.80. The normalized spacial score (nSPS) is 11.9. The van der Waals surface area contributed by atoms with E-state index >= 15 is 0 Å². The van der Waals surface area contributed by atoms with E-state index in [1.165, 1.54) is 141 Å². The molecule has 0 aromatic heterocycles. The first-order chi connectivity index (χ1) is 13.9. The minimum atomic E-state index is 1.30. The first-order valence-corrected chi connectivity index (χ1v) is 13.2. The van der Waals surface area contributed by atoms with E-state index in [0.29, 0.717) is 0 Å². The molecule has 0 aliphatic heterocycles. The Bertz CT molecular complexity index is 280. The van der Waals surface area contributed by atoms with Gasteiger partial charge in [0.25, 0.3) is 0 Å². The van der Waals surface area contributed by atoms with Gasteiger partial charge in [-0.05, 0) is 51.4 Å². The van der Waals surface area contributed by atoms with Crippen molar-refractivity contribution in [2.24, 2.45) is 0 Å². The number of hydrogen-bond acceptors (Lipinski definition) is 0. The fraction of sp³-hybridized carbons (Fsp3) is 0.857. The zero-order valence-corrected chi connectivity index (χ0v) is 19.9. The second-order valence-electron chi connectivity index (χ2n) is 8.75. The molecule has 0 fully saturated rings. The molecule has 0 aliphatic carbocycles. The van der Waals surface area contributed by atoms with Crippen molar-refractivity contribution in [3.8, 4) is 0 Å².